The monoisotopic (exact) mass is 219 g/mol. The number of aromatic nitrogens is 1. The molecule has 0 saturated heterocycles. The molecule has 0 atom stereocenters. The molecular formula is C11H9NO4. The summed E-state index contributed by atoms with van der Waals surface area (Å²) in [5.41, 5.74) is -0.0108. The molecule has 5 heteroatoms. The van der Waals surface area contributed by atoms with E-state index in [9.17, 15) is 14.7 Å². The number of aromatic amines is 1. The third-order valence-corrected chi connectivity index (χ3v) is 2.29. The Labute approximate surface area is 90.0 Å². The number of carboxylic acid groups (broad SMARTS) is 1. The average molecular weight is 219 g/mol. The molecule has 5 nitrogen and oxygen atoms in total. The summed E-state index contributed by atoms with van der Waals surface area (Å²) in [6.07, 6.45) is -0.411. The highest BCUT2D eigenvalue weighted by Crippen LogP contribution is 2.15. The zero-order valence-electron chi connectivity index (χ0n) is 8.23. The Kier molecular flexibility index (Phi) is 2.36. The van der Waals surface area contributed by atoms with Gasteiger partial charge in [-0.1, -0.05) is 12.1 Å². The van der Waals surface area contributed by atoms with Gasteiger partial charge in [0, 0.05) is 10.9 Å². The van der Waals surface area contributed by atoms with Crippen molar-refractivity contribution in [3.63, 3.8) is 0 Å². The Morgan fingerprint density at radius 1 is 1.31 bits per heavy atom. The summed E-state index contributed by atoms with van der Waals surface area (Å²) >= 11 is 0. The van der Waals surface area contributed by atoms with Crippen LogP contribution >= 0.6 is 0 Å². The summed E-state index contributed by atoms with van der Waals surface area (Å²) in [7, 11) is 0. The molecule has 0 aliphatic carbocycles. The first kappa shape index (κ1) is 10.2. The minimum atomic E-state index is -1.11. The highest BCUT2D eigenvalue weighted by molar-refractivity contribution is 5.81. The van der Waals surface area contributed by atoms with Crippen molar-refractivity contribution >= 4 is 16.9 Å². The third kappa shape index (κ3) is 1.63. The van der Waals surface area contributed by atoms with E-state index in [1.54, 1.807) is 24.3 Å². The Morgan fingerprint density at radius 3 is 2.69 bits per heavy atom. The van der Waals surface area contributed by atoms with Crippen molar-refractivity contribution in [1.82, 2.24) is 4.98 Å². The quantitative estimate of drug-likeness (QED) is 0.698. The van der Waals surface area contributed by atoms with Crippen LogP contribution in [0.1, 0.15) is 5.69 Å². The fourth-order valence-electron chi connectivity index (χ4n) is 1.56. The number of carbonyl (C=O) groups is 1. The van der Waals surface area contributed by atoms with E-state index >= 15 is 0 Å². The molecule has 0 unspecified atom stereocenters. The number of rotatable bonds is 2. The molecule has 2 aromatic rings. The van der Waals surface area contributed by atoms with E-state index < -0.39 is 23.6 Å². The van der Waals surface area contributed by atoms with E-state index in [1.807, 2.05) is 0 Å². The number of fused-ring (bicyclic) bond motifs is 1. The number of para-hydroxylation sites is 1. The van der Waals surface area contributed by atoms with Gasteiger partial charge in [-0.3, -0.25) is 9.59 Å². The standard InChI is InChI=1S/C11H9NO4/c13-9(14)5-8-11(16)10(15)6-3-1-2-4-7(6)12-8/h1-4,16H,5H2,(H,12,15)(H,13,14). The van der Waals surface area contributed by atoms with E-state index in [-0.39, 0.29) is 5.69 Å². The van der Waals surface area contributed by atoms with Crippen LogP contribution in [0.25, 0.3) is 10.9 Å². The van der Waals surface area contributed by atoms with Crippen molar-refractivity contribution in [3.8, 4) is 5.75 Å². The molecule has 16 heavy (non-hydrogen) atoms. The summed E-state index contributed by atoms with van der Waals surface area (Å²) in [5, 5.41) is 18.5. The zero-order valence-corrected chi connectivity index (χ0v) is 8.23. The lowest BCUT2D eigenvalue weighted by atomic mass is 10.1. The summed E-state index contributed by atoms with van der Waals surface area (Å²) in [5.74, 6) is -1.64. The van der Waals surface area contributed by atoms with E-state index in [0.29, 0.717) is 10.9 Å². The number of H-pyrrole nitrogens is 1. The van der Waals surface area contributed by atoms with Crippen LogP contribution < -0.4 is 5.43 Å². The second-order valence-electron chi connectivity index (χ2n) is 3.40. The predicted molar refractivity (Wildman–Crippen MR) is 57.6 cm³/mol. The molecule has 0 aliphatic rings. The Bertz CT molecular complexity index is 615. The van der Waals surface area contributed by atoms with E-state index in [2.05, 4.69) is 4.98 Å². The van der Waals surface area contributed by atoms with Gasteiger partial charge in [-0.15, -0.1) is 0 Å². The third-order valence-electron chi connectivity index (χ3n) is 2.29. The lowest BCUT2D eigenvalue weighted by Crippen LogP contribution is -2.10. The smallest absolute Gasteiger partial charge is 0.309 e. The molecule has 0 spiro atoms. The van der Waals surface area contributed by atoms with Crippen LogP contribution in [-0.4, -0.2) is 21.2 Å². The number of aromatic hydroxyl groups is 1. The maximum absolute atomic E-state index is 11.7. The molecule has 0 aliphatic heterocycles. The van der Waals surface area contributed by atoms with Gasteiger partial charge in [-0.05, 0) is 12.1 Å². The fraction of sp³-hybridized carbons (Fsp3) is 0.0909. The van der Waals surface area contributed by atoms with Gasteiger partial charge in [-0.25, -0.2) is 0 Å². The highest BCUT2D eigenvalue weighted by atomic mass is 16.4. The molecule has 0 bridgehead atoms. The largest absolute Gasteiger partial charge is 0.503 e. The normalized spacial score (nSPS) is 10.5. The average Bonchev–Trinajstić information content (AvgIpc) is 2.25. The van der Waals surface area contributed by atoms with Gasteiger partial charge in [0.15, 0.2) is 5.75 Å². The number of hydrogen-bond donors (Lipinski definition) is 3. The van der Waals surface area contributed by atoms with Crippen molar-refractivity contribution in [3.05, 3.63) is 40.2 Å². The number of hydrogen-bond acceptors (Lipinski definition) is 3. The maximum Gasteiger partial charge on any atom is 0.309 e. The molecule has 1 aromatic carbocycles. The summed E-state index contributed by atoms with van der Waals surface area (Å²) in [6.45, 7) is 0. The first-order valence-electron chi connectivity index (χ1n) is 4.64. The van der Waals surface area contributed by atoms with E-state index in [1.165, 1.54) is 0 Å². The SMILES string of the molecule is O=C(O)Cc1[nH]c2ccccc2c(=O)c1O. The number of benzene rings is 1. The first-order valence-corrected chi connectivity index (χ1v) is 4.64. The molecule has 0 fully saturated rings. The summed E-state index contributed by atoms with van der Waals surface area (Å²) in [6, 6.07) is 6.62. The van der Waals surface area contributed by atoms with Gasteiger partial charge in [-0.2, -0.15) is 0 Å². The molecule has 0 amide bonds. The van der Waals surface area contributed by atoms with Crippen molar-refractivity contribution in [2.75, 3.05) is 0 Å². The topological polar surface area (TPSA) is 90.4 Å². The van der Waals surface area contributed by atoms with Gasteiger partial charge < -0.3 is 15.2 Å². The van der Waals surface area contributed by atoms with Crippen LogP contribution in [0.5, 0.6) is 5.75 Å². The molecule has 3 N–H and O–H groups in total. The van der Waals surface area contributed by atoms with Gasteiger partial charge in [0.2, 0.25) is 5.43 Å². The molecular weight excluding hydrogens is 210 g/mol. The minimum Gasteiger partial charge on any atom is -0.503 e. The molecule has 0 radical (unpaired) electrons. The Morgan fingerprint density at radius 2 is 2.00 bits per heavy atom. The highest BCUT2D eigenvalue weighted by Gasteiger charge is 2.12. The van der Waals surface area contributed by atoms with Crippen LogP contribution in [0.4, 0.5) is 0 Å². The van der Waals surface area contributed by atoms with Crippen molar-refractivity contribution in [2.45, 2.75) is 6.42 Å². The number of nitrogens with one attached hydrogen (secondary N) is 1. The van der Waals surface area contributed by atoms with Crippen molar-refractivity contribution in [2.24, 2.45) is 0 Å². The van der Waals surface area contributed by atoms with Crippen LogP contribution in [0.2, 0.25) is 0 Å². The van der Waals surface area contributed by atoms with Gasteiger partial charge in [0.1, 0.15) is 0 Å². The number of pyridine rings is 1. The first-order chi connectivity index (χ1) is 7.59. The minimum absolute atomic E-state index is 0.0243. The van der Waals surface area contributed by atoms with Crippen molar-refractivity contribution in [1.29, 1.82) is 0 Å². The molecule has 1 aromatic heterocycles. The second kappa shape index (κ2) is 3.69. The van der Waals surface area contributed by atoms with Crippen LogP contribution in [0, 0.1) is 0 Å². The zero-order chi connectivity index (χ0) is 11.7. The van der Waals surface area contributed by atoms with E-state index in [0.717, 1.165) is 0 Å². The van der Waals surface area contributed by atoms with Crippen LogP contribution in [-0.2, 0) is 11.2 Å². The predicted octanol–water partition coefficient (Wildman–Crippen LogP) is 0.861. The number of aliphatic carboxylic acids is 1. The van der Waals surface area contributed by atoms with Crippen molar-refractivity contribution < 1.29 is 15.0 Å². The van der Waals surface area contributed by atoms with Crippen LogP contribution in [0.15, 0.2) is 29.1 Å². The maximum atomic E-state index is 11.7. The second-order valence-corrected chi connectivity index (χ2v) is 3.40. The van der Waals surface area contributed by atoms with Gasteiger partial charge >= 0.3 is 5.97 Å². The Hall–Kier alpha value is -2.30. The van der Waals surface area contributed by atoms with E-state index in [4.69, 9.17) is 5.11 Å². The lowest BCUT2D eigenvalue weighted by Gasteiger charge is -2.04. The summed E-state index contributed by atoms with van der Waals surface area (Å²) in [4.78, 5) is 24.9. The Balaban J connectivity index is 2.74. The van der Waals surface area contributed by atoms with Gasteiger partial charge in [0.25, 0.3) is 0 Å². The van der Waals surface area contributed by atoms with Crippen LogP contribution in [0.3, 0.4) is 0 Å². The summed E-state index contributed by atoms with van der Waals surface area (Å²) < 4.78 is 0. The molecule has 2 rings (SSSR count). The molecule has 0 saturated carbocycles. The fourth-order valence-corrected chi connectivity index (χ4v) is 1.56. The van der Waals surface area contributed by atoms with Gasteiger partial charge in [0.05, 0.1) is 12.1 Å². The number of carboxylic acids is 1. The molecule has 82 valence electrons. The molecule has 1 heterocycles. The lowest BCUT2D eigenvalue weighted by molar-refractivity contribution is -0.136.